The molecule has 78 valence electrons. The summed E-state index contributed by atoms with van der Waals surface area (Å²) in [5.41, 5.74) is 1.31. The van der Waals surface area contributed by atoms with Crippen LogP contribution in [0.5, 0.6) is 0 Å². The van der Waals surface area contributed by atoms with Gasteiger partial charge >= 0.3 is 0 Å². The van der Waals surface area contributed by atoms with Crippen LogP contribution in [0.1, 0.15) is 25.7 Å². The van der Waals surface area contributed by atoms with Crippen molar-refractivity contribution in [1.82, 2.24) is 4.90 Å². The molecule has 2 bridgehead atoms. The molecule has 3 heteroatoms. The molecule has 3 nitrogen and oxygen atoms in total. The van der Waals surface area contributed by atoms with Gasteiger partial charge in [-0.15, -0.1) is 0 Å². The van der Waals surface area contributed by atoms with Gasteiger partial charge in [-0.25, -0.2) is 0 Å². The van der Waals surface area contributed by atoms with Crippen molar-refractivity contribution in [2.45, 2.75) is 25.7 Å². The number of rotatable bonds is 3. The molecule has 0 N–H and O–H groups in total. The third kappa shape index (κ3) is 1.78. The zero-order valence-corrected chi connectivity index (χ0v) is 8.61. The van der Waals surface area contributed by atoms with Crippen LogP contribution in [0.15, 0.2) is 5.16 Å². The van der Waals surface area contributed by atoms with Crippen molar-refractivity contribution in [1.29, 1.82) is 0 Å². The monoisotopic (exact) mass is 194 g/mol. The average molecular weight is 194 g/mol. The van der Waals surface area contributed by atoms with E-state index in [1.807, 2.05) is 0 Å². The number of nitrogens with zero attached hydrogens (tertiary/aromatic N) is 2. The lowest BCUT2D eigenvalue weighted by Crippen LogP contribution is -2.47. The quantitative estimate of drug-likeness (QED) is 0.636. The molecule has 0 radical (unpaired) electrons. The Morgan fingerprint density at radius 3 is 2.57 bits per heavy atom. The number of hydrogen-bond acceptors (Lipinski definition) is 3. The van der Waals surface area contributed by atoms with Crippen LogP contribution in [0, 0.1) is 11.8 Å². The highest BCUT2D eigenvalue weighted by molar-refractivity contribution is 5.89. The maximum atomic E-state index is 5.41. The first kappa shape index (κ1) is 8.72. The molecule has 0 atom stereocenters. The Morgan fingerprint density at radius 2 is 2.00 bits per heavy atom. The summed E-state index contributed by atoms with van der Waals surface area (Å²) in [6, 6.07) is 0. The second-order valence-corrected chi connectivity index (χ2v) is 4.87. The van der Waals surface area contributed by atoms with Crippen molar-refractivity contribution >= 4 is 5.71 Å². The van der Waals surface area contributed by atoms with E-state index in [0.717, 1.165) is 25.0 Å². The number of piperidine rings is 3. The minimum atomic E-state index is 0.735. The minimum absolute atomic E-state index is 0.735. The van der Waals surface area contributed by atoms with E-state index in [2.05, 4.69) is 10.1 Å². The average Bonchev–Trinajstić information content (AvgIpc) is 3.04. The van der Waals surface area contributed by atoms with Gasteiger partial charge in [-0.05, 0) is 44.7 Å². The molecule has 1 saturated carbocycles. The Hall–Kier alpha value is -0.570. The predicted octanol–water partition coefficient (Wildman–Crippen LogP) is 1.49. The van der Waals surface area contributed by atoms with Gasteiger partial charge in [-0.1, -0.05) is 5.16 Å². The third-order valence-electron chi connectivity index (χ3n) is 3.63. The fourth-order valence-electron chi connectivity index (χ4n) is 2.40. The molecule has 0 aromatic heterocycles. The summed E-state index contributed by atoms with van der Waals surface area (Å²) in [5.74, 6) is 1.56. The fraction of sp³-hybridized carbons (Fsp3) is 0.909. The summed E-state index contributed by atoms with van der Waals surface area (Å²) >= 11 is 0. The van der Waals surface area contributed by atoms with Gasteiger partial charge in [0.2, 0.25) is 0 Å². The van der Waals surface area contributed by atoms with Gasteiger partial charge in [-0.3, -0.25) is 4.90 Å². The summed E-state index contributed by atoms with van der Waals surface area (Å²) in [6.07, 6.45) is 5.29. The van der Waals surface area contributed by atoms with E-state index in [4.69, 9.17) is 4.84 Å². The highest BCUT2D eigenvalue weighted by Gasteiger charge is 2.31. The molecule has 3 heterocycles. The Kier molecular flexibility index (Phi) is 2.20. The van der Waals surface area contributed by atoms with Gasteiger partial charge in [0, 0.05) is 12.5 Å². The van der Waals surface area contributed by atoms with Crippen molar-refractivity contribution in [3.8, 4) is 0 Å². The number of oxime groups is 1. The number of hydrogen-bond donors (Lipinski definition) is 0. The summed E-state index contributed by atoms with van der Waals surface area (Å²) in [6.45, 7) is 4.46. The summed E-state index contributed by atoms with van der Waals surface area (Å²) in [5, 5.41) is 4.32. The van der Waals surface area contributed by atoms with Crippen LogP contribution in [-0.4, -0.2) is 36.9 Å². The first-order valence-corrected chi connectivity index (χ1v) is 5.83. The van der Waals surface area contributed by atoms with Crippen molar-refractivity contribution in [2.75, 3.05) is 26.2 Å². The zero-order valence-electron chi connectivity index (χ0n) is 8.61. The Bertz CT molecular complexity index is 240. The van der Waals surface area contributed by atoms with E-state index in [-0.39, 0.29) is 0 Å². The summed E-state index contributed by atoms with van der Waals surface area (Å²) in [4.78, 5) is 7.90. The van der Waals surface area contributed by atoms with E-state index < -0.39 is 0 Å². The molecule has 3 saturated heterocycles. The standard InChI is InChI=1S/C11H18N2O/c1-2-9(1)8-14-12-11-7-13-5-3-10(11)4-6-13/h9-10H,1-8H2/b12-11+. The molecule has 0 unspecified atom stereocenters. The van der Waals surface area contributed by atoms with Crippen molar-refractivity contribution in [3.63, 3.8) is 0 Å². The lowest BCUT2D eigenvalue weighted by atomic mass is 9.87. The Balaban J connectivity index is 1.55. The van der Waals surface area contributed by atoms with E-state index >= 15 is 0 Å². The van der Waals surface area contributed by atoms with E-state index in [9.17, 15) is 0 Å². The van der Waals surface area contributed by atoms with Gasteiger partial charge in [0.15, 0.2) is 0 Å². The molecular formula is C11H18N2O. The maximum Gasteiger partial charge on any atom is 0.120 e. The van der Waals surface area contributed by atoms with Gasteiger partial charge in [0.05, 0.1) is 5.71 Å². The second-order valence-electron chi connectivity index (χ2n) is 4.87. The SMILES string of the molecule is C1CC1CO/N=C1\CN2CCC1CC2. The highest BCUT2D eigenvalue weighted by Crippen LogP contribution is 2.29. The van der Waals surface area contributed by atoms with Crippen LogP contribution in [0.25, 0.3) is 0 Å². The smallest absolute Gasteiger partial charge is 0.120 e. The second kappa shape index (κ2) is 3.54. The zero-order chi connectivity index (χ0) is 9.38. The molecule has 3 aliphatic heterocycles. The van der Waals surface area contributed by atoms with Crippen LogP contribution in [-0.2, 0) is 4.84 Å². The lowest BCUT2D eigenvalue weighted by molar-refractivity contribution is 0.121. The molecule has 0 amide bonds. The van der Waals surface area contributed by atoms with Crippen molar-refractivity contribution < 1.29 is 4.84 Å². The van der Waals surface area contributed by atoms with E-state index in [0.29, 0.717) is 0 Å². The predicted molar refractivity (Wildman–Crippen MR) is 55.3 cm³/mol. The fourth-order valence-corrected chi connectivity index (χ4v) is 2.40. The van der Waals surface area contributed by atoms with Crippen LogP contribution in [0.2, 0.25) is 0 Å². The lowest BCUT2D eigenvalue weighted by Gasteiger charge is -2.39. The first-order chi connectivity index (χ1) is 6.92. The molecule has 0 aromatic rings. The molecule has 4 fully saturated rings. The maximum absolute atomic E-state index is 5.41. The molecule has 0 spiro atoms. The highest BCUT2D eigenvalue weighted by atomic mass is 16.6. The molecule has 0 aromatic carbocycles. The van der Waals surface area contributed by atoms with Gasteiger partial charge in [0.25, 0.3) is 0 Å². The van der Waals surface area contributed by atoms with E-state index in [1.54, 1.807) is 0 Å². The van der Waals surface area contributed by atoms with Crippen LogP contribution in [0.3, 0.4) is 0 Å². The molecular weight excluding hydrogens is 176 g/mol. The first-order valence-electron chi connectivity index (χ1n) is 5.83. The van der Waals surface area contributed by atoms with E-state index in [1.165, 1.54) is 44.5 Å². The van der Waals surface area contributed by atoms with Crippen molar-refractivity contribution in [3.05, 3.63) is 0 Å². The summed E-state index contributed by atoms with van der Waals surface area (Å²) < 4.78 is 0. The molecule has 4 rings (SSSR count). The van der Waals surface area contributed by atoms with Crippen LogP contribution in [0.4, 0.5) is 0 Å². The van der Waals surface area contributed by atoms with Crippen LogP contribution < -0.4 is 0 Å². The Morgan fingerprint density at radius 1 is 1.21 bits per heavy atom. The molecule has 1 aliphatic carbocycles. The topological polar surface area (TPSA) is 24.8 Å². The third-order valence-corrected chi connectivity index (χ3v) is 3.63. The van der Waals surface area contributed by atoms with Gasteiger partial charge in [0.1, 0.15) is 6.61 Å². The Labute approximate surface area is 85.1 Å². The van der Waals surface area contributed by atoms with Gasteiger partial charge in [-0.2, -0.15) is 0 Å². The largest absolute Gasteiger partial charge is 0.396 e. The minimum Gasteiger partial charge on any atom is -0.396 e. The molecule has 4 aliphatic rings. The van der Waals surface area contributed by atoms with Gasteiger partial charge < -0.3 is 4.84 Å². The normalized spacial score (nSPS) is 39.0. The summed E-state index contributed by atoms with van der Waals surface area (Å²) in [7, 11) is 0. The van der Waals surface area contributed by atoms with Crippen molar-refractivity contribution in [2.24, 2.45) is 17.0 Å². The molecule has 14 heavy (non-hydrogen) atoms. The number of fused-ring (bicyclic) bond motifs is 3. The van der Waals surface area contributed by atoms with Crippen LogP contribution >= 0.6 is 0 Å².